The number of rotatable bonds is 5. The van der Waals surface area contributed by atoms with Crippen LogP contribution in [0.1, 0.15) is 37.7 Å². The maximum atomic E-state index is 2.81. The van der Waals surface area contributed by atoms with Gasteiger partial charge < -0.3 is 14.7 Å². The topological polar surface area (TPSA) is 9.72 Å². The van der Waals surface area contributed by atoms with E-state index < -0.39 is 0 Å². The Morgan fingerprint density at radius 3 is 2.36 bits per heavy atom. The average Bonchev–Trinajstić information content (AvgIpc) is 2.69. The summed E-state index contributed by atoms with van der Waals surface area (Å²) >= 11 is 0. The highest BCUT2D eigenvalue weighted by molar-refractivity contribution is 5.14. The quantitative estimate of drug-likeness (QED) is 0.815. The van der Waals surface area contributed by atoms with Gasteiger partial charge in [0.1, 0.15) is 0 Å². The van der Waals surface area contributed by atoms with E-state index in [1.807, 2.05) is 0 Å². The molecule has 0 bridgehead atoms. The number of hydrogen-bond acceptors (Lipinski definition) is 3. The molecule has 3 heterocycles. The third-order valence-electron chi connectivity index (χ3n) is 6.75. The lowest BCUT2D eigenvalue weighted by molar-refractivity contribution is 0.0293. The summed E-state index contributed by atoms with van der Waals surface area (Å²) in [5, 5.41) is 0. The molecule has 25 heavy (non-hydrogen) atoms. The van der Waals surface area contributed by atoms with Gasteiger partial charge in [-0.1, -0.05) is 36.8 Å². The smallest absolute Gasteiger partial charge is 0.0136 e. The summed E-state index contributed by atoms with van der Waals surface area (Å²) in [4.78, 5) is 8.24. The Morgan fingerprint density at radius 2 is 1.52 bits per heavy atom. The summed E-state index contributed by atoms with van der Waals surface area (Å²) in [5.41, 5.74) is 1.48. The van der Waals surface area contributed by atoms with Crippen LogP contribution in [0.2, 0.25) is 0 Å². The van der Waals surface area contributed by atoms with Crippen molar-refractivity contribution in [3.8, 4) is 0 Å². The van der Waals surface area contributed by atoms with E-state index in [0.29, 0.717) is 0 Å². The predicted octanol–water partition coefficient (Wildman–Crippen LogP) is 3.11. The van der Waals surface area contributed by atoms with Crippen LogP contribution in [-0.2, 0) is 6.42 Å². The van der Waals surface area contributed by atoms with Crippen molar-refractivity contribution >= 4 is 0 Å². The molecule has 4 rings (SSSR count). The number of hydrogen-bond donors (Lipinski definition) is 0. The molecular formula is C22H35N3. The maximum absolute atomic E-state index is 2.81. The van der Waals surface area contributed by atoms with Crippen molar-refractivity contribution in [1.29, 1.82) is 0 Å². The van der Waals surface area contributed by atoms with Crippen molar-refractivity contribution in [3.05, 3.63) is 35.9 Å². The van der Waals surface area contributed by atoms with Crippen LogP contribution in [0.3, 0.4) is 0 Å². The summed E-state index contributed by atoms with van der Waals surface area (Å²) in [6, 6.07) is 11.8. The largest absolute Gasteiger partial charge is 0.300 e. The van der Waals surface area contributed by atoms with Crippen LogP contribution in [0, 0.1) is 5.92 Å². The summed E-state index contributed by atoms with van der Waals surface area (Å²) in [7, 11) is 0. The second kappa shape index (κ2) is 8.66. The molecule has 0 spiro atoms. The van der Waals surface area contributed by atoms with Gasteiger partial charge in [-0.25, -0.2) is 0 Å². The van der Waals surface area contributed by atoms with Gasteiger partial charge in [0.15, 0.2) is 0 Å². The average molecular weight is 342 g/mol. The Morgan fingerprint density at radius 1 is 0.760 bits per heavy atom. The van der Waals surface area contributed by atoms with Crippen LogP contribution in [0.15, 0.2) is 30.3 Å². The predicted molar refractivity (Wildman–Crippen MR) is 105 cm³/mol. The molecule has 1 aromatic carbocycles. The Balaban J connectivity index is 1.21. The molecule has 1 aromatic rings. The van der Waals surface area contributed by atoms with Crippen molar-refractivity contribution < 1.29 is 0 Å². The Labute approximate surface area is 154 Å². The van der Waals surface area contributed by atoms with Crippen LogP contribution in [0.25, 0.3) is 0 Å². The molecule has 3 fully saturated rings. The molecule has 0 saturated carbocycles. The number of fused-ring (bicyclic) bond motifs is 1. The number of piperazine rings is 1. The van der Waals surface area contributed by atoms with Crippen molar-refractivity contribution in [2.45, 2.75) is 44.6 Å². The molecule has 0 radical (unpaired) electrons. The van der Waals surface area contributed by atoms with Crippen molar-refractivity contribution in [1.82, 2.24) is 14.7 Å². The first kappa shape index (κ1) is 17.5. The highest BCUT2D eigenvalue weighted by Crippen LogP contribution is 2.31. The van der Waals surface area contributed by atoms with Crippen LogP contribution in [0.4, 0.5) is 0 Å². The van der Waals surface area contributed by atoms with E-state index in [1.54, 1.807) is 0 Å². The zero-order valence-corrected chi connectivity index (χ0v) is 15.8. The molecule has 3 aliphatic rings. The van der Waals surface area contributed by atoms with Crippen LogP contribution in [0.5, 0.6) is 0 Å². The monoisotopic (exact) mass is 341 g/mol. The molecule has 2 atom stereocenters. The SMILES string of the molecule is c1ccc(CCN2CCN(C[C@@H]3CCCN4CCCC[C@H]34)CC2)cc1. The van der Waals surface area contributed by atoms with E-state index in [1.165, 1.54) is 96.4 Å². The first-order valence-electron chi connectivity index (χ1n) is 10.6. The summed E-state index contributed by atoms with van der Waals surface area (Å²) in [5.74, 6) is 0.935. The van der Waals surface area contributed by atoms with E-state index in [9.17, 15) is 0 Å². The third-order valence-corrected chi connectivity index (χ3v) is 6.75. The van der Waals surface area contributed by atoms with Gasteiger partial charge in [-0.05, 0) is 56.7 Å². The van der Waals surface area contributed by atoms with E-state index in [2.05, 4.69) is 45.0 Å². The number of nitrogens with zero attached hydrogens (tertiary/aromatic N) is 3. The van der Waals surface area contributed by atoms with Gasteiger partial charge in [-0.2, -0.15) is 0 Å². The van der Waals surface area contributed by atoms with Crippen LogP contribution in [-0.4, -0.2) is 73.1 Å². The zero-order chi connectivity index (χ0) is 16.9. The van der Waals surface area contributed by atoms with Gasteiger partial charge in [0.2, 0.25) is 0 Å². The molecule has 138 valence electrons. The lowest BCUT2D eigenvalue weighted by atomic mass is 9.83. The molecule has 0 aliphatic carbocycles. The molecule has 0 aromatic heterocycles. The first-order valence-corrected chi connectivity index (χ1v) is 10.6. The lowest BCUT2D eigenvalue weighted by Crippen LogP contribution is -2.54. The fourth-order valence-corrected chi connectivity index (χ4v) is 5.25. The van der Waals surface area contributed by atoms with E-state index >= 15 is 0 Å². The van der Waals surface area contributed by atoms with Crippen molar-refractivity contribution in [3.63, 3.8) is 0 Å². The van der Waals surface area contributed by atoms with Crippen molar-refractivity contribution in [2.24, 2.45) is 5.92 Å². The van der Waals surface area contributed by atoms with E-state index in [-0.39, 0.29) is 0 Å². The van der Waals surface area contributed by atoms with E-state index in [4.69, 9.17) is 0 Å². The third kappa shape index (κ3) is 4.64. The fraction of sp³-hybridized carbons (Fsp3) is 0.727. The molecule has 0 unspecified atom stereocenters. The molecular weight excluding hydrogens is 306 g/mol. The van der Waals surface area contributed by atoms with Crippen molar-refractivity contribution in [2.75, 3.05) is 52.4 Å². The molecule has 0 N–H and O–H groups in total. The second-order valence-electron chi connectivity index (χ2n) is 8.38. The Kier molecular flexibility index (Phi) is 6.06. The minimum atomic E-state index is 0.901. The fourth-order valence-electron chi connectivity index (χ4n) is 5.25. The highest BCUT2D eigenvalue weighted by atomic mass is 15.3. The first-order chi connectivity index (χ1) is 12.4. The van der Waals surface area contributed by atoms with Gasteiger partial charge >= 0.3 is 0 Å². The zero-order valence-electron chi connectivity index (χ0n) is 15.8. The van der Waals surface area contributed by atoms with Gasteiger partial charge in [0.25, 0.3) is 0 Å². The molecule has 3 nitrogen and oxygen atoms in total. The minimum Gasteiger partial charge on any atom is -0.300 e. The molecule has 0 amide bonds. The normalized spacial score (nSPS) is 29.4. The minimum absolute atomic E-state index is 0.901. The van der Waals surface area contributed by atoms with Crippen LogP contribution >= 0.6 is 0 Å². The Hall–Kier alpha value is -0.900. The standard InChI is InChI=1S/C22H35N3/c1-2-7-20(8-3-1)11-14-23-15-17-24(18-16-23)19-21-9-6-13-25-12-5-4-10-22(21)25/h1-3,7-8,21-22H,4-6,9-19H2/t21-,22+/m0/s1. The maximum Gasteiger partial charge on any atom is 0.0136 e. The molecule has 3 aliphatic heterocycles. The van der Waals surface area contributed by atoms with Gasteiger partial charge in [0.05, 0.1) is 0 Å². The number of piperidine rings is 2. The number of benzene rings is 1. The van der Waals surface area contributed by atoms with Gasteiger partial charge in [-0.15, -0.1) is 0 Å². The molecule has 3 heteroatoms. The Bertz CT molecular complexity index is 507. The van der Waals surface area contributed by atoms with Crippen LogP contribution < -0.4 is 0 Å². The highest BCUT2D eigenvalue weighted by Gasteiger charge is 2.34. The summed E-state index contributed by atoms with van der Waals surface area (Å²) < 4.78 is 0. The van der Waals surface area contributed by atoms with Gasteiger partial charge in [-0.3, -0.25) is 0 Å². The lowest BCUT2D eigenvalue weighted by Gasteiger charge is -2.46. The summed E-state index contributed by atoms with van der Waals surface area (Å²) in [6.45, 7) is 10.4. The van der Waals surface area contributed by atoms with Gasteiger partial charge in [0, 0.05) is 45.3 Å². The van der Waals surface area contributed by atoms with E-state index in [0.717, 1.165) is 12.0 Å². The summed E-state index contributed by atoms with van der Waals surface area (Å²) in [6.07, 6.45) is 8.45. The second-order valence-corrected chi connectivity index (χ2v) is 8.38. The molecule has 3 saturated heterocycles.